The fraction of sp³-hybridized carbons (Fsp3) is 0.409. The summed E-state index contributed by atoms with van der Waals surface area (Å²) in [5.74, 6) is -0.711. The molecule has 1 aliphatic rings. The van der Waals surface area contributed by atoms with E-state index in [1.807, 2.05) is 0 Å². The maximum absolute atomic E-state index is 11.8. The lowest BCUT2D eigenvalue weighted by Gasteiger charge is -2.33. The molecule has 0 aromatic heterocycles. The van der Waals surface area contributed by atoms with Crippen LogP contribution in [0.3, 0.4) is 0 Å². The van der Waals surface area contributed by atoms with Crippen LogP contribution in [0.4, 0.5) is 0 Å². The van der Waals surface area contributed by atoms with Gasteiger partial charge in [0.2, 0.25) is 0 Å². The lowest BCUT2D eigenvalue weighted by atomic mass is 9.90. The molecule has 2 aromatic rings. The van der Waals surface area contributed by atoms with Crippen LogP contribution in [-0.2, 0) is 4.79 Å². The highest BCUT2D eigenvalue weighted by atomic mass is 16.4. The van der Waals surface area contributed by atoms with Crippen LogP contribution in [0.1, 0.15) is 52.3 Å². The largest absolute Gasteiger partial charge is 0.480 e. The van der Waals surface area contributed by atoms with Crippen molar-refractivity contribution in [1.29, 1.82) is 0 Å². The second kappa shape index (κ2) is 7.01. The molecule has 0 saturated carbocycles. The highest BCUT2D eigenvalue weighted by Crippen LogP contribution is 2.37. The average molecular weight is 337 g/mol. The van der Waals surface area contributed by atoms with Crippen molar-refractivity contribution in [2.75, 3.05) is 6.54 Å². The van der Waals surface area contributed by atoms with Gasteiger partial charge < -0.3 is 5.11 Å². The zero-order valence-corrected chi connectivity index (χ0v) is 15.5. The molecule has 1 N–H and O–H groups in total. The minimum Gasteiger partial charge on any atom is -0.480 e. The van der Waals surface area contributed by atoms with Crippen molar-refractivity contribution in [1.82, 2.24) is 4.90 Å². The lowest BCUT2D eigenvalue weighted by Crippen LogP contribution is -2.39. The molecule has 3 rings (SSSR count). The topological polar surface area (TPSA) is 40.5 Å². The Balaban J connectivity index is 2.15. The summed E-state index contributed by atoms with van der Waals surface area (Å²) >= 11 is 0. The van der Waals surface area contributed by atoms with Crippen molar-refractivity contribution in [3.8, 4) is 0 Å². The summed E-state index contributed by atoms with van der Waals surface area (Å²) in [5, 5.41) is 9.71. The molecule has 0 radical (unpaired) electrons. The van der Waals surface area contributed by atoms with Crippen molar-refractivity contribution in [2.45, 2.75) is 52.6 Å². The van der Waals surface area contributed by atoms with Gasteiger partial charge in [0.1, 0.15) is 6.04 Å². The first-order valence-corrected chi connectivity index (χ1v) is 9.00. The van der Waals surface area contributed by atoms with Crippen LogP contribution in [0.25, 0.3) is 0 Å². The Bertz CT molecular complexity index is 776. The molecule has 0 bridgehead atoms. The number of carboxylic acid groups (broad SMARTS) is 1. The van der Waals surface area contributed by atoms with Crippen molar-refractivity contribution < 1.29 is 9.90 Å². The van der Waals surface area contributed by atoms with Crippen molar-refractivity contribution in [3.63, 3.8) is 0 Å². The van der Waals surface area contributed by atoms with Crippen LogP contribution in [-0.4, -0.2) is 28.6 Å². The molecular formula is C22H27NO2. The molecule has 3 heteroatoms. The number of hydrogen-bond acceptors (Lipinski definition) is 2. The molecule has 1 aliphatic heterocycles. The highest BCUT2D eigenvalue weighted by Gasteiger charge is 2.37. The van der Waals surface area contributed by atoms with Crippen LogP contribution < -0.4 is 0 Å². The van der Waals surface area contributed by atoms with Gasteiger partial charge >= 0.3 is 5.97 Å². The molecule has 2 unspecified atom stereocenters. The van der Waals surface area contributed by atoms with E-state index in [-0.39, 0.29) is 6.04 Å². The number of benzene rings is 2. The Labute approximate surface area is 150 Å². The zero-order chi connectivity index (χ0) is 18.1. The Morgan fingerprint density at radius 1 is 1.04 bits per heavy atom. The number of carbonyl (C=O) groups is 1. The lowest BCUT2D eigenvalue weighted by molar-refractivity contribution is -0.142. The first-order chi connectivity index (χ1) is 11.9. The number of aryl methyl sites for hydroxylation is 4. The van der Waals surface area contributed by atoms with E-state index in [2.05, 4.69) is 69.0 Å². The van der Waals surface area contributed by atoms with Crippen molar-refractivity contribution in [2.24, 2.45) is 0 Å². The fourth-order valence-electron chi connectivity index (χ4n) is 4.21. The molecule has 132 valence electrons. The number of nitrogens with zero attached hydrogens (tertiary/aromatic N) is 1. The van der Waals surface area contributed by atoms with E-state index in [4.69, 9.17) is 0 Å². The fourth-order valence-corrected chi connectivity index (χ4v) is 4.21. The number of rotatable bonds is 4. The third kappa shape index (κ3) is 3.62. The van der Waals surface area contributed by atoms with Gasteiger partial charge in [-0.2, -0.15) is 0 Å². The zero-order valence-electron chi connectivity index (χ0n) is 15.5. The minimum absolute atomic E-state index is 0.0113. The van der Waals surface area contributed by atoms with Crippen LogP contribution in [0.15, 0.2) is 36.4 Å². The highest BCUT2D eigenvalue weighted by molar-refractivity contribution is 5.74. The van der Waals surface area contributed by atoms with Crippen LogP contribution >= 0.6 is 0 Å². The molecular weight excluding hydrogens is 310 g/mol. The number of aliphatic carboxylic acids is 1. The molecule has 0 amide bonds. The monoisotopic (exact) mass is 337 g/mol. The van der Waals surface area contributed by atoms with E-state index in [9.17, 15) is 9.90 Å². The first kappa shape index (κ1) is 17.7. The molecule has 0 aliphatic carbocycles. The maximum atomic E-state index is 11.8. The van der Waals surface area contributed by atoms with Gasteiger partial charge in [0.25, 0.3) is 0 Å². The summed E-state index contributed by atoms with van der Waals surface area (Å²) in [6.45, 7) is 9.26. The molecule has 1 fully saturated rings. The van der Waals surface area contributed by atoms with Crippen molar-refractivity contribution >= 4 is 5.97 Å². The maximum Gasteiger partial charge on any atom is 0.320 e. The summed E-state index contributed by atoms with van der Waals surface area (Å²) in [7, 11) is 0. The number of carboxylic acids is 1. The third-order valence-electron chi connectivity index (χ3n) is 5.19. The molecule has 25 heavy (non-hydrogen) atoms. The van der Waals surface area contributed by atoms with Gasteiger partial charge in [0.05, 0.1) is 6.04 Å². The van der Waals surface area contributed by atoms with Gasteiger partial charge in [-0.25, -0.2) is 0 Å². The summed E-state index contributed by atoms with van der Waals surface area (Å²) in [5.41, 5.74) is 7.30. The summed E-state index contributed by atoms with van der Waals surface area (Å²) in [4.78, 5) is 14.0. The van der Waals surface area contributed by atoms with Crippen molar-refractivity contribution in [3.05, 3.63) is 69.8 Å². The predicted octanol–water partition coefficient (Wildman–Crippen LogP) is 4.56. The van der Waals surface area contributed by atoms with Crippen LogP contribution in [0.5, 0.6) is 0 Å². The van der Waals surface area contributed by atoms with E-state index < -0.39 is 12.0 Å². The number of likely N-dealkylation sites (tertiary alicyclic amines) is 1. The molecule has 3 nitrogen and oxygen atoms in total. The van der Waals surface area contributed by atoms with Gasteiger partial charge in [-0.3, -0.25) is 9.69 Å². The third-order valence-corrected chi connectivity index (χ3v) is 5.19. The summed E-state index contributed by atoms with van der Waals surface area (Å²) in [6, 6.07) is 12.6. The molecule has 2 aromatic carbocycles. The molecule has 0 spiro atoms. The SMILES string of the molecule is Cc1cc(C)cc(C(c2ccc(C)cc2C)N2CCCC2C(=O)O)c1. The second-order valence-electron chi connectivity index (χ2n) is 7.42. The van der Waals surface area contributed by atoms with Gasteiger partial charge in [-0.15, -0.1) is 0 Å². The number of hydrogen-bond donors (Lipinski definition) is 1. The van der Waals surface area contributed by atoms with Crippen LogP contribution in [0, 0.1) is 27.7 Å². The Kier molecular flexibility index (Phi) is 4.96. The van der Waals surface area contributed by atoms with Gasteiger partial charge in [-0.1, -0.05) is 53.1 Å². The van der Waals surface area contributed by atoms with E-state index in [1.165, 1.54) is 33.4 Å². The standard InChI is InChI=1S/C22H27NO2/c1-14-7-8-19(17(4)11-14)21(18-12-15(2)10-16(3)13-18)23-9-5-6-20(23)22(24)25/h7-8,10-13,20-21H,5-6,9H2,1-4H3,(H,24,25). The quantitative estimate of drug-likeness (QED) is 0.889. The van der Waals surface area contributed by atoms with E-state index >= 15 is 0 Å². The Morgan fingerprint density at radius 2 is 1.72 bits per heavy atom. The summed E-state index contributed by atoms with van der Waals surface area (Å²) in [6.07, 6.45) is 1.66. The normalized spacial score (nSPS) is 19.1. The van der Waals surface area contributed by atoms with E-state index in [1.54, 1.807) is 0 Å². The molecule has 1 saturated heterocycles. The van der Waals surface area contributed by atoms with Gasteiger partial charge in [0, 0.05) is 6.54 Å². The Hall–Kier alpha value is -2.13. The first-order valence-electron chi connectivity index (χ1n) is 9.00. The van der Waals surface area contributed by atoms with Gasteiger partial charge in [-0.05, 0) is 57.2 Å². The second-order valence-corrected chi connectivity index (χ2v) is 7.42. The molecule has 2 atom stereocenters. The predicted molar refractivity (Wildman–Crippen MR) is 101 cm³/mol. The minimum atomic E-state index is -0.711. The Morgan fingerprint density at radius 3 is 2.32 bits per heavy atom. The van der Waals surface area contributed by atoms with Crippen LogP contribution in [0.2, 0.25) is 0 Å². The summed E-state index contributed by atoms with van der Waals surface area (Å²) < 4.78 is 0. The molecule has 1 heterocycles. The van der Waals surface area contributed by atoms with Gasteiger partial charge in [0.15, 0.2) is 0 Å². The van der Waals surface area contributed by atoms with E-state index in [0.29, 0.717) is 0 Å². The average Bonchev–Trinajstić information content (AvgIpc) is 2.98. The van der Waals surface area contributed by atoms with E-state index in [0.717, 1.165) is 19.4 Å². The smallest absolute Gasteiger partial charge is 0.320 e.